The molecule has 0 radical (unpaired) electrons. The van der Waals surface area contributed by atoms with Crippen LogP contribution in [0.1, 0.15) is 26.3 Å². The van der Waals surface area contributed by atoms with Gasteiger partial charge in [-0.15, -0.1) is 0 Å². The van der Waals surface area contributed by atoms with Crippen molar-refractivity contribution in [2.24, 2.45) is 5.73 Å². The fourth-order valence-electron chi connectivity index (χ4n) is 1.67. The molecule has 0 bridgehead atoms. The van der Waals surface area contributed by atoms with E-state index < -0.39 is 0 Å². The summed E-state index contributed by atoms with van der Waals surface area (Å²) in [6.45, 7) is 8.74. The Balaban J connectivity index is 2.48. The first-order valence-corrected chi connectivity index (χ1v) is 6.62. The molecule has 0 amide bonds. The second-order valence-corrected chi connectivity index (χ2v) is 5.27. The number of rotatable bonds is 7. The van der Waals surface area contributed by atoms with Crippen molar-refractivity contribution in [3.8, 4) is 5.75 Å². The van der Waals surface area contributed by atoms with Gasteiger partial charge in [0, 0.05) is 18.6 Å². The molecule has 1 aromatic rings. The van der Waals surface area contributed by atoms with Crippen molar-refractivity contribution in [2.45, 2.75) is 32.7 Å². The average molecular weight is 250 g/mol. The van der Waals surface area contributed by atoms with Crippen molar-refractivity contribution < 1.29 is 4.74 Å². The van der Waals surface area contributed by atoms with Crippen LogP contribution in [0.2, 0.25) is 0 Å². The summed E-state index contributed by atoms with van der Waals surface area (Å²) in [6.07, 6.45) is 1.03. The minimum absolute atomic E-state index is 0.0608. The molecule has 1 rings (SSSR count). The lowest BCUT2D eigenvalue weighted by molar-refractivity contribution is 0.166. The van der Waals surface area contributed by atoms with E-state index in [9.17, 15) is 0 Å². The van der Waals surface area contributed by atoms with Crippen LogP contribution in [0.25, 0.3) is 0 Å². The van der Waals surface area contributed by atoms with Crippen LogP contribution in [0.4, 0.5) is 0 Å². The maximum absolute atomic E-state index is 5.77. The van der Waals surface area contributed by atoms with Gasteiger partial charge in [-0.2, -0.15) is 0 Å². The topological polar surface area (TPSA) is 38.5 Å². The van der Waals surface area contributed by atoms with E-state index in [1.807, 2.05) is 19.1 Å². The summed E-state index contributed by atoms with van der Waals surface area (Å²) in [5, 5.41) is 0. The Morgan fingerprint density at radius 3 is 2.33 bits per heavy atom. The molecule has 0 aliphatic carbocycles. The molecule has 102 valence electrons. The van der Waals surface area contributed by atoms with E-state index >= 15 is 0 Å². The molecule has 0 saturated carbocycles. The highest BCUT2D eigenvalue weighted by Crippen LogP contribution is 2.14. The third-order valence-corrected chi connectivity index (χ3v) is 3.50. The highest BCUT2D eigenvalue weighted by molar-refractivity contribution is 5.27. The lowest BCUT2D eigenvalue weighted by Gasteiger charge is -2.34. The zero-order valence-corrected chi connectivity index (χ0v) is 12.1. The Morgan fingerprint density at radius 2 is 1.83 bits per heavy atom. The van der Waals surface area contributed by atoms with E-state index in [4.69, 9.17) is 10.5 Å². The van der Waals surface area contributed by atoms with Gasteiger partial charge in [0.2, 0.25) is 0 Å². The van der Waals surface area contributed by atoms with Gasteiger partial charge in [0.05, 0.1) is 6.61 Å². The largest absolute Gasteiger partial charge is 0.494 e. The number of nitrogens with zero attached hydrogens (tertiary/aromatic N) is 1. The van der Waals surface area contributed by atoms with Crippen molar-refractivity contribution >= 4 is 0 Å². The number of ether oxygens (including phenoxy) is 1. The average Bonchev–Trinajstić information content (AvgIpc) is 2.38. The lowest BCUT2D eigenvalue weighted by atomic mass is 10.0. The molecule has 0 fully saturated rings. The molecule has 0 spiro atoms. The van der Waals surface area contributed by atoms with Gasteiger partial charge in [-0.25, -0.2) is 0 Å². The van der Waals surface area contributed by atoms with Crippen LogP contribution in [0.15, 0.2) is 24.3 Å². The van der Waals surface area contributed by atoms with Crippen molar-refractivity contribution in [1.29, 1.82) is 0 Å². The van der Waals surface area contributed by atoms with Gasteiger partial charge in [0.25, 0.3) is 0 Å². The first-order valence-electron chi connectivity index (χ1n) is 6.62. The monoisotopic (exact) mass is 250 g/mol. The molecule has 0 aliphatic heterocycles. The predicted molar refractivity (Wildman–Crippen MR) is 77.1 cm³/mol. The van der Waals surface area contributed by atoms with Crippen LogP contribution in [0.3, 0.4) is 0 Å². The van der Waals surface area contributed by atoms with Crippen LogP contribution in [-0.4, -0.2) is 37.2 Å². The molecule has 0 aromatic heterocycles. The van der Waals surface area contributed by atoms with Crippen molar-refractivity contribution in [2.75, 3.05) is 26.7 Å². The molecular formula is C15H26N2O. The highest BCUT2D eigenvalue weighted by atomic mass is 16.5. The van der Waals surface area contributed by atoms with Gasteiger partial charge in [0.15, 0.2) is 0 Å². The summed E-state index contributed by atoms with van der Waals surface area (Å²) in [5.74, 6) is 0.942. The fraction of sp³-hybridized carbons (Fsp3) is 0.600. The van der Waals surface area contributed by atoms with E-state index in [0.29, 0.717) is 13.2 Å². The van der Waals surface area contributed by atoms with Gasteiger partial charge in [-0.1, -0.05) is 12.1 Å². The highest BCUT2D eigenvalue weighted by Gasteiger charge is 2.20. The Morgan fingerprint density at radius 1 is 1.22 bits per heavy atom. The molecule has 0 aliphatic rings. The zero-order chi connectivity index (χ0) is 13.6. The zero-order valence-electron chi connectivity index (χ0n) is 12.1. The second kappa shape index (κ2) is 6.76. The van der Waals surface area contributed by atoms with E-state index in [2.05, 4.69) is 37.9 Å². The summed E-state index contributed by atoms with van der Waals surface area (Å²) < 4.78 is 5.43. The van der Waals surface area contributed by atoms with Crippen molar-refractivity contribution in [1.82, 2.24) is 4.90 Å². The van der Waals surface area contributed by atoms with Gasteiger partial charge < -0.3 is 10.5 Å². The first kappa shape index (κ1) is 15.0. The maximum Gasteiger partial charge on any atom is 0.119 e. The van der Waals surface area contributed by atoms with E-state index in [1.165, 1.54) is 5.56 Å². The smallest absolute Gasteiger partial charge is 0.119 e. The summed E-state index contributed by atoms with van der Waals surface area (Å²) in [4.78, 5) is 2.31. The summed E-state index contributed by atoms with van der Waals surface area (Å²) in [6, 6.07) is 8.34. The molecule has 3 nitrogen and oxygen atoms in total. The predicted octanol–water partition coefficient (Wildman–Crippen LogP) is 2.30. The van der Waals surface area contributed by atoms with Gasteiger partial charge in [-0.3, -0.25) is 4.90 Å². The number of likely N-dealkylation sites (N-methyl/N-ethyl adjacent to an activating group) is 1. The van der Waals surface area contributed by atoms with E-state index in [0.717, 1.165) is 18.7 Å². The summed E-state index contributed by atoms with van der Waals surface area (Å²) in [7, 11) is 2.13. The molecule has 0 heterocycles. The standard InChI is InChI=1S/C15H26N2O/c1-5-18-14-8-6-13(7-9-14)10-11-17(4)15(2,3)12-16/h6-9H,5,10-12,16H2,1-4H3. The third-order valence-electron chi connectivity index (χ3n) is 3.50. The van der Waals surface area contributed by atoms with Crippen LogP contribution >= 0.6 is 0 Å². The molecule has 0 atom stereocenters. The van der Waals surface area contributed by atoms with Crippen molar-refractivity contribution in [3.05, 3.63) is 29.8 Å². The van der Waals surface area contributed by atoms with Crippen LogP contribution in [0.5, 0.6) is 5.75 Å². The van der Waals surface area contributed by atoms with Gasteiger partial charge in [0.1, 0.15) is 5.75 Å². The molecule has 0 unspecified atom stereocenters. The summed E-state index contributed by atoms with van der Waals surface area (Å²) >= 11 is 0. The second-order valence-electron chi connectivity index (χ2n) is 5.27. The van der Waals surface area contributed by atoms with Gasteiger partial charge >= 0.3 is 0 Å². The van der Waals surface area contributed by atoms with Crippen LogP contribution in [-0.2, 0) is 6.42 Å². The minimum atomic E-state index is 0.0608. The van der Waals surface area contributed by atoms with Gasteiger partial charge in [-0.05, 0) is 51.9 Å². The normalized spacial score (nSPS) is 11.9. The van der Waals surface area contributed by atoms with Crippen LogP contribution < -0.4 is 10.5 Å². The Hall–Kier alpha value is -1.06. The van der Waals surface area contributed by atoms with E-state index in [-0.39, 0.29) is 5.54 Å². The molecule has 1 aromatic carbocycles. The quantitative estimate of drug-likeness (QED) is 0.807. The molecule has 18 heavy (non-hydrogen) atoms. The summed E-state index contributed by atoms with van der Waals surface area (Å²) in [5.41, 5.74) is 7.16. The Labute approximate surface area is 111 Å². The molecular weight excluding hydrogens is 224 g/mol. The minimum Gasteiger partial charge on any atom is -0.494 e. The number of benzene rings is 1. The number of nitrogens with two attached hydrogens (primary N) is 1. The SMILES string of the molecule is CCOc1ccc(CCN(C)C(C)(C)CN)cc1. The Kier molecular flexibility index (Phi) is 5.63. The maximum atomic E-state index is 5.77. The number of hydrogen-bond donors (Lipinski definition) is 1. The fourth-order valence-corrected chi connectivity index (χ4v) is 1.67. The molecule has 3 heteroatoms. The molecule has 0 saturated heterocycles. The van der Waals surface area contributed by atoms with E-state index in [1.54, 1.807) is 0 Å². The Bertz CT molecular complexity index is 346. The lowest BCUT2D eigenvalue weighted by Crippen LogP contribution is -2.47. The molecule has 2 N–H and O–H groups in total. The van der Waals surface area contributed by atoms with Crippen molar-refractivity contribution in [3.63, 3.8) is 0 Å². The number of hydrogen-bond acceptors (Lipinski definition) is 3. The van der Waals surface area contributed by atoms with Crippen LogP contribution in [0, 0.1) is 0 Å². The first-order chi connectivity index (χ1) is 8.49. The third kappa shape index (κ3) is 4.31.